The van der Waals surface area contributed by atoms with Crippen molar-refractivity contribution in [3.63, 3.8) is 0 Å². The summed E-state index contributed by atoms with van der Waals surface area (Å²) >= 11 is 0. The molecule has 0 N–H and O–H groups in total. The molecular weight excluding hydrogens is 356 g/mol. The molecule has 3 heterocycles. The Bertz CT molecular complexity index is 1120. The van der Waals surface area contributed by atoms with Crippen molar-refractivity contribution >= 4 is 11.4 Å². The molecule has 0 fully saturated rings. The van der Waals surface area contributed by atoms with Gasteiger partial charge in [-0.25, -0.2) is 0 Å². The lowest BCUT2D eigenvalue weighted by Gasteiger charge is -2.05. The maximum absolute atomic E-state index is 4.70. The minimum Gasteiger partial charge on any atom is -0.262 e. The van der Waals surface area contributed by atoms with E-state index in [1.807, 2.05) is 81.0 Å². The zero-order valence-electron chi connectivity index (χ0n) is 16.6. The molecule has 0 unspecified atom stereocenters. The summed E-state index contributed by atoms with van der Waals surface area (Å²) in [5, 5.41) is 0. The van der Waals surface area contributed by atoms with Crippen molar-refractivity contribution in [2.75, 3.05) is 0 Å². The second kappa shape index (κ2) is 8.57. The van der Waals surface area contributed by atoms with Crippen molar-refractivity contribution in [1.29, 1.82) is 0 Å². The van der Waals surface area contributed by atoms with Crippen molar-refractivity contribution in [2.24, 2.45) is 4.99 Å². The Morgan fingerprint density at radius 2 is 1.55 bits per heavy atom. The molecule has 0 amide bonds. The number of aryl methyl sites for hydroxylation is 1. The zero-order chi connectivity index (χ0) is 20.1. The Morgan fingerprint density at radius 1 is 0.793 bits per heavy atom. The first kappa shape index (κ1) is 18.7. The Morgan fingerprint density at radius 3 is 2.24 bits per heavy atom. The normalized spacial score (nSPS) is 11.4. The number of benzene rings is 1. The fourth-order valence-electron chi connectivity index (χ4n) is 3.19. The van der Waals surface area contributed by atoms with E-state index < -0.39 is 0 Å². The summed E-state index contributed by atoms with van der Waals surface area (Å²) in [6.07, 6.45) is 6.30. The summed E-state index contributed by atoms with van der Waals surface area (Å²) in [4.78, 5) is 18.1. The summed E-state index contributed by atoms with van der Waals surface area (Å²) in [6.45, 7) is 4.02. The summed E-state index contributed by atoms with van der Waals surface area (Å²) < 4.78 is 0. The number of aromatic nitrogens is 3. The van der Waals surface area contributed by atoms with Crippen LogP contribution in [0.5, 0.6) is 0 Å². The first-order valence-corrected chi connectivity index (χ1v) is 9.61. The average molecular weight is 378 g/mol. The van der Waals surface area contributed by atoms with Crippen LogP contribution in [0.4, 0.5) is 5.69 Å². The van der Waals surface area contributed by atoms with Crippen molar-refractivity contribution in [2.45, 2.75) is 20.3 Å². The van der Waals surface area contributed by atoms with Crippen molar-refractivity contribution in [3.8, 4) is 22.5 Å². The molecule has 3 aromatic heterocycles. The summed E-state index contributed by atoms with van der Waals surface area (Å²) in [7, 11) is 0. The maximum atomic E-state index is 4.70. The maximum Gasteiger partial charge on any atom is 0.0812 e. The first-order chi connectivity index (χ1) is 14.2. The molecule has 0 saturated heterocycles. The lowest BCUT2D eigenvalue weighted by molar-refractivity contribution is 1.18. The van der Waals surface area contributed by atoms with E-state index in [-0.39, 0.29) is 0 Å². The van der Waals surface area contributed by atoms with E-state index in [9.17, 15) is 0 Å². The van der Waals surface area contributed by atoms with Crippen LogP contribution in [-0.4, -0.2) is 20.7 Å². The molecular formula is C25H22N4. The number of nitrogens with zero attached hydrogens (tertiary/aromatic N) is 4. The second-order valence-electron chi connectivity index (χ2n) is 7.03. The Hall–Kier alpha value is -3.66. The highest BCUT2D eigenvalue weighted by atomic mass is 14.8. The SMILES string of the molecule is CC(Cc1ccc(-c2ccnc(C)c2)nc1)=Nc1ccc(-c2ccccc2)nc1. The van der Waals surface area contributed by atoms with Gasteiger partial charge in [0.1, 0.15) is 0 Å². The van der Waals surface area contributed by atoms with Crippen LogP contribution in [0.15, 0.2) is 90.3 Å². The molecule has 0 bridgehead atoms. The Balaban J connectivity index is 1.45. The smallest absolute Gasteiger partial charge is 0.0812 e. The predicted molar refractivity (Wildman–Crippen MR) is 118 cm³/mol. The van der Waals surface area contributed by atoms with Gasteiger partial charge in [-0.1, -0.05) is 36.4 Å². The second-order valence-corrected chi connectivity index (χ2v) is 7.03. The highest BCUT2D eigenvalue weighted by Gasteiger charge is 2.03. The molecule has 0 atom stereocenters. The van der Waals surface area contributed by atoms with Crippen LogP contribution in [0.1, 0.15) is 18.2 Å². The summed E-state index contributed by atoms with van der Waals surface area (Å²) in [6, 6.07) is 22.3. The van der Waals surface area contributed by atoms with Gasteiger partial charge < -0.3 is 0 Å². The third-order valence-electron chi connectivity index (χ3n) is 4.61. The average Bonchev–Trinajstić information content (AvgIpc) is 2.75. The van der Waals surface area contributed by atoms with Crippen LogP contribution in [0.2, 0.25) is 0 Å². The van der Waals surface area contributed by atoms with Crippen molar-refractivity contribution in [1.82, 2.24) is 15.0 Å². The molecule has 4 rings (SSSR count). The molecule has 29 heavy (non-hydrogen) atoms. The van der Waals surface area contributed by atoms with Crippen molar-refractivity contribution in [3.05, 3.63) is 96.6 Å². The van der Waals surface area contributed by atoms with Gasteiger partial charge in [-0.15, -0.1) is 0 Å². The highest BCUT2D eigenvalue weighted by Crippen LogP contribution is 2.20. The first-order valence-electron chi connectivity index (χ1n) is 9.61. The Kier molecular flexibility index (Phi) is 5.52. The quantitative estimate of drug-likeness (QED) is 0.409. The minimum atomic E-state index is 0.753. The molecule has 0 spiro atoms. The van der Waals surface area contributed by atoms with Crippen LogP contribution >= 0.6 is 0 Å². The van der Waals surface area contributed by atoms with Gasteiger partial charge in [0, 0.05) is 41.3 Å². The monoisotopic (exact) mass is 378 g/mol. The number of rotatable bonds is 5. The molecule has 0 radical (unpaired) electrons. The molecule has 1 aromatic carbocycles. The van der Waals surface area contributed by atoms with Gasteiger partial charge in [-0.05, 0) is 49.7 Å². The van der Waals surface area contributed by atoms with E-state index in [0.29, 0.717) is 0 Å². The topological polar surface area (TPSA) is 51.0 Å². The van der Waals surface area contributed by atoms with Gasteiger partial charge in [0.25, 0.3) is 0 Å². The fraction of sp³-hybridized carbons (Fsp3) is 0.120. The van der Waals surface area contributed by atoms with E-state index in [4.69, 9.17) is 4.99 Å². The lowest BCUT2D eigenvalue weighted by atomic mass is 10.1. The largest absolute Gasteiger partial charge is 0.262 e. The number of hydrogen-bond acceptors (Lipinski definition) is 4. The van der Waals surface area contributed by atoms with Gasteiger partial charge in [0.2, 0.25) is 0 Å². The molecule has 0 aliphatic carbocycles. The van der Waals surface area contributed by atoms with Gasteiger partial charge >= 0.3 is 0 Å². The van der Waals surface area contributed by atoms with Crippen LogP contribution in [-0.2, 0) is 6.42 Å². The highest BCUT2D eigenvalue weighted by molar-refractivity contribution is 5.86. The van der Waals surface area contributed by atoms with Crippen LogP contribution < -0.4 is 0 Å². The molecule has 142 valence electrons. The summed E-state index contributed by atoms with van der Waals surface area (Å²) in [5.74, 6) is 0. The van der Waals surface area contributed by atoms with E-state index in [1.54, 1.807) is 0 Å². The van der Waals surface area contributed by atoms with Crippen LogP contribution in [0, 0.1) is 6.92 Å². The Labute approximate surface area is 171 Å². The predicted octanol–water partition coefficient (Wildman–Crippen LogP) is 5.85. The van der Waals surface area contributed by atoms with E-state index >= 15 is 0 Å². The molecule has 0 aliphatic rings. The number of hydrogen-bond donors (Lipinski definition) is 0. The molecule has 0 saturated carbocycles. The van der Waals surface area contributed by atoms with Crippen LogP contribution in [0.3, 0.4) is 0 Å². The number of pyridine rings is 3. The molecule has 4 heteroatoms. The van der Waals surface area contributed by atoms with E-state index in [0.717, 1.165) is 51.6 Å². The molecule has 0 aliphatic heterocycles. The number of aliphatic imine (C=N–C) groups is 1. The fourth-order valence-corrected chi connectivity index (χ4v) is 3.19. The third-order valence-corrected chi connectivity index (χ3v) is 4.61. The zero-order valence-corrected chi connectivity index (χ0v) is 16.6. The van der Waals surface area contributed by atoms with E-state index in [1.165, 1.54) is 0 Å². The van der Waals surface area contributed by atoms with Crippen molar-refractivity contribution < 1.29 is 0 Å². The van der Waals surface area contributed by atoms with Gasteiger partial charge in [0.05, 0.1) is 23.3 Å². The standard InChI is InChI=1S/C25H22N4/c1-18-15-22(12-13-26-18)25-10-8-20(16-27-25)14-19(2)29-23-9-11-24(28-17-23)21-6-4-3-5-7-21/h3-13,15-17H,14H2,1-2H3. The van der Waals surface area contributed by atoms with E-state index in [2.05, 4.69) is 33.2 Å². The minimum absolute atomic E-state index is 0.753. The molecule has 4 aromatic rings. The van der Waals surface area contributed by atoms with Gasteiger partial charge in [0.15, 0.2) is 0 Å². The van der Waals surface area contributed by atoms with Gasteiger partial charge in [-0.2, -0.15) is 0 Å². The third kappa shape index (κ3) is 4.79. The van der Waals surface area contributed by atoms with Crippen LogP contribution in [0.25, 0.3) is 22.5 Å². The summed E-state index contributed by atoms with van der Waals surface area (Å²) in [5.41, 5.74) is 8.10. The molecule has 4 nitrogen and oxygen atoms in total. The van der Waals surface area contributed by atoms with Gasteiger partial charge in [-0.3, -0.25) is 19.9 Å². The lowest BCUT2D eigenvalue weighted by Crippen LogP contribution is -1.98.